The average molecular weight is 516 g/mol. The highest BCUT2D eigenvalue weighted by Gasteiger charge is 2.29. The van der Waals surface area contributed by atoms with Gasteiger partial charge in [0.05, 0.1) is 3.57 Å². The lowest BCUT2D eigenvalue weighted by Crippen LogP contribution is -2.42. The zero-order valence-corrected chi connectivity index (χ0v) is 17.8. The maximum absolute atomic E-state index is 13.6. The van der Waals surface area contributed by atoms with Crippen molar-refractivity contribution in [3.63, 3.8) is 0 Å². The minimum atomic E-state index is -3.69. The zero-order chi connectivity index (χ0) is 20.0. The Morgan fingerprint density at radius 2 is 2.26 bits per heavy atom. The van der Waals surface area contributed by atoms with Crippen LogP contribution in [0.3, 0.4) is 0 Å². The molecule has 0 bridgehead atoms. The number of carbonyl (C=O) groups excluding carboxylic acids is 1. The van der Waals surface area contributed by atoms with Crippen LogP contribution in [0.2, 0.25) is 0 Å². The van der Waals surface area contributed by atoms with Gasteiger partial charge in [-0.3, -0.25) is 9.59 Å². The van der Waals surface area contributed by atoms with E-state index >= 15 is 0 Å². The van der Waals surface area contributed by atoms with Crippen LogP contribution in [-0.4, -0.2) is 43.3 Å². The van der Waals surface area contributed by atoms with Gasteiger partial charge in [0.2, 0.25) is 0 Å². The number of sulfone groups is 1. The first-order valence-electron chi connectivity index (χ1n) is 8.50. The monoisotopic (exact) mass is 516 g/mol. The molecular formula is C16H22FIN2O6S. The van der Waals surface area contributed by atoms with Crippen molar-refractivity contribution < 1.29 is 27.2 Å². The summed E-state index contributed by atoms with van der Waals surface area (Å²) < 4.78 is 44.2. The van der Waals surface area contributed by atoms with Crippen molar-refractivity contribution in [3.8, 4) is 0 Å². The maximum Gasteiger partial charge on any atom is 0.261 e. The molecule has 0 aromatic carbocycles. The summed E-state index contributed by atoms with van der Waals surface area (Å²) in [6, 6.07) is 1.16. The van der Waals surface area contributed by atoms with Gasteiger partial charge in [0, 0.05) is 38.1 Å². The first-order valence-corrected chi connectivity index (χ1v) is 11.5. The SMILES string of the molecule is CS(=O)(=O)[C@H](CCCn1cc(F)c(I)cc1=O)C(=O)NOC1CCCCO1. The number of carbonyl (C=O) groups is 1. The van der Waals surface area contributed by atoms with E-state index in [2.05, 4.69) is 5.48 Å². The number of rotatable bonds is 8. The molecule has 0 spiro atoms. The number of halogens is 2. The Labute approximate surface area is 170 Å². The fourth-order valence-corrected chi connectivity index (χ4v) is 4.11. The third-order valence-corrected chi connectivity index (χ3v) is 6.44. The van der Waals surface area contributed by atoms with Crippen molar-refractivity contribution in [1.82, 2.24) is 10.0 Å². The van der Waals surface area contributed by atoms with E-state index in [1.165, 1.54) is 0 Å². The van der Waals surface area contributed by atoms with E-state index in [0.29, 0.717) is 13.0 Å². The van der Waals surface area contributed by atoms with Crippen LogP contribution < -0.4 is 11.0 Å². The summed E-state index contributed by atoms with van der Waals surface area (Å²) in [4.78, 5) is 29.2. The second kappa shape index (κ2) is 9.94. The van der Waals surface area contributed by atoms with Gasteiger partial charge in [-0.25, -0.2) is 23.1 Å². The van der Waals surface area contributed by atoms with Crippen molar-refractivity contribution in [1.29, 1.82) is 0 Å². The first kappa shape index (κ1) is 22.2. The molecule has 1 N–H and O–H groups in total. The number of hydroxylamine groups is 1. The van der Waals surface area contributed by atoms with Crippen LogP contribution in [0.1, 0.15) is 32.1 Å². The van der Waals surface area contributed by atoms with E-state index in [1.807, 2.05) is 0 Å². The van der Waals surface area contributed by atoms with Gasteiger partial charge < -0.3 is 9.30 Å². The molecule has 1 saturated heterocycles. The Bertz CT molecular complexity index is 823. The minimum absolute atomic E-state index is 0.0282. The lowest BCUT2D eigenvalue weighted by atomic mass is 10.2. The number of pyridine rings is 1. The van der Waals surface area contributed by atoms with E-state index in [9.17, 15) is 22.4 Å². The number of nitrogens with zero attached hydrogens (tertiary/aromatic N) is 1. The number of amides is 1. The highest BCUT2D eigenvalue weighted by molar-refractivity contribution is 14.1. The van der Waals surface area contributed by atoms with Crippen molar-refractivity contribution in [2.24, 2.45) is 0 Å². The molecule has 2 atom stereocenters. The highest BCUT2D eigenvalue weighted by atomic mass is 127. The Morgan fingerprint density at radius 1 is 1.52 bits per heavy atom. The van der Waals surface area contributed by atoms with E-state index in [1.54, 1.807) is 22.6 Å². The molecule has 2 heterocycles. The summed E-state index contributed by atoms with van der Waals surface area (Å²) in [5, 5.41) is -1.33. The fourth-order valence-electron chi connectivity index (χ4n) is 2.68. The van der Waals surface area contributed by atoms with E-state index in [-0.39, 0.29) is 28.5 Å². The molecule has 1 aromatic heterocycles. The van der Waals surface area contributed by atoms with E-state index < -0.39 is 33.1 Å². The van der Waals surface area contributed by atoms with Crippen LogP contribution in [0.25, 0.3) is 0 Å². The molecule has 1 unspecified atom stereocenters. The molecule has 152 valence electrons. The molecule has 0 radical (unpaired) electrons. The quantitative estimate of drug-likeness (QED) is 0.414. The van der Waals surface area contributed by atoms with Gasteiger partial charge in [-0.15, -0.1) is 0 Å². The molecule has 1 aromatic rings. The van der Waals surface area contributed by atoms with Gasteiger partial charge in [0.25, 0.3) is 11.5 Å². The first-order chi connectivity index (χ1) is 12.7. The number of nitrogens with one attached hydrogen (secondary N) is 1. The van der Waals surface area contributed by atoms with Gasteiger partial charge in [0.1, 0.15) is 5.25 Å². The number of hydrogen-bond acceptors (Lipinski definition) is 6. The Morgan fingerprint density at radius 3 is 2.89 bits per heavy atom. The van der Waals surface area contributed by atoms with Gasteiger partial charge in [-0.1, -0.05) is 0 Å². The maximum atomic E-state index is 13.6. The minimum Gasteiger partial charge on any atom is -0.350 e. The molecule has 11 heteroatoms. The third-order valence-electron chi connectivity index (χ3n) is 4.13. The Hall–Kier alpha value is -1.05. The molecule has 1 aliphatic heterocycles. The summed E-state index contributed by atoms with van der Waals surface area (Å²) in [5.41, 5.74) is 1.77. The normalized spacial score (nSPS) is 18.9. The number of ether oxygens (including phenoxy) is 1. The van der Waals surface area contributed by atoms with Gasteiger partial charge >= 0.3 is 0 Å². The van der Waals surface area contributed by atoms with Crippen molar-refractivity contribution in [2.75, 3.05) is 12.9 Å². The summed E-state index contributed by atoms with van der Waals surface area (Å²) in [7, 11) is -3.69. The Balaban J connectivity index is 1.93. The predicted octanol–water partition coefficient (Wildman–Crippen LogP) is 1.36. The topological polar surface area (TPSA) is 104 Å². The van der Waals surface area contributed by atoms with Crippen LogP contribution in [0.5, 0.6) is 0 Å². The third kappa shape index (κ3) is 6.80. The number of aromatic nitrogens is 1. The molecule has 1 amide bonds. The fraction of sp³-hybridized carbons (Fsp3) is 0.625. The summed E-state index contributed by atoms with van der Waals surface area (Å²) in [5.74, 6) is -1.32. The average Bonchev–Trinajstić information content (AvgIpc) is 2.60. The van der Waals surface area contributed by atoms with Gasteiger partial charge in [-0.2, -0.15) is 0 Å². The van der Waals surface area contributed by atoms with Crippen LogP contribution in [0, 0.1) is 9.39 Å². The zero-order valence-electron chi connectivity index (χ0n) is 14.8. The second-order valence-corrected chi connectivity index (χ2v) is 9.73. The standard InChI is InChI=1S/C16H22FIN2O6S/c1-27(23,24)13(16(22)19-26-15-6-2-3-8-25-15)5-4-7-20-10-11(17)12(18)9-14(20)21/h9-10,13,15H,2-8H2,1H3,(H,19,22)/t13-,15?/m1/s1. The molecule has 0 aliphatic carbocycles. The molecule has 1 aliphatic rings. The lowest BCUT2D eigenvalue weighted by molar-refractivity contribution is -0.200. The van der Waals surface area contributed by atoms with Crippen LogP contribution in [0.4, 0.5) is 4.39 Å². The molecular weight excluding hydrogens is 494 g/mol. The van der Waals surface area contributed by atoms with Crippen LogP contribution in [0.15, 0.2) is 17.1 Å². The molecule has 8 nitrogen and oxygen atoms in total. The lowest BCUT2D eigenvalue weighted by Gasteiger charge is -2.23. The largest absolute Gasteiger partial charge is 0.350 e. The number of hydrogen-bond donors (Lipinski definition) is 1. The molecule has 0 saturated carbocycles. The van der Waals surface area contributed by atoms with E-state index in [4.69, 9.17) is 9.57 Å². The van der Waals surface area contributed by atoms with Crippen LogP contribution in [-0.2, 0) is 30.8 Å². The summed E-state index contributed by atoms with van der Waals surface area (Å²) in [6.07, 6.45) is 4.05. The second-order valence-electron chi connectivity index (χ2n) is 6.34. The smallest absolute Gasteiger partial charge is 0.261 e. The molecule has 1 fully saturated rings. The predicted molar refractivity (Wildman–Crippen MR) is 104 cm³/mol. The van der Waals surface area contributed by atoms with E-state index in [0.717, 1.165) is 35.9 Å². The van der Waals surface area contributed by atoms with Crippen molar-refractivity contribution in [3.05, 3.63) is 32.0 Å². The van der Waals surface area contributed by atoms with Crippen molar-refractivity contribution >= 4 is 38.3 Å². The van der Waals surface area contributed by atoms with Gasteiger partial charge in [0.15, 0.2) is 21.9 Å². The number of aryl methyl sites for hydroxylation is 1. The molecule has 2 rings (SSSR count). The molecule has 27 heavy (non-hydrogen) atoms. The van der Waals surface area contributed by atoms with Crippen LogP contribution >= 0.6 is 22.6 Å². The highest BCUT2D eigenvalue weighted by Crippen LogP contribution is 2.14. The van der Waals surface area contributed by atoms with Gasteiger partial charge in [-0.05, 0) is 48.3 Å². The Kier molecular flexibility index (Phi) is 8.19. The summed E-state index contributed by atoms with van der Waals surface area (Å²) in [6.45, 7) is 0.621. The van der Waals surface area contributed by atoms with Crippen molar-refractivity contribution in [2.45, 2.75) is 50.2 Å². The summed E-state index contributed by atoms with van der Waals surface area (Å²) >= 11 is 1.72.